The van der Waals surface area contributed by atoms with Crippen LogP contribution in [0.15, 0.2) is 48.5 Å². The quantitative estimate of drug-likeness (QED) is 0.191. The zero-order valence-electron chi connectivity index (χ0n) is 17.5. The van der Waals surface area contributed by atoms with Gasteiger partial charge in [0.2, 0.25) is 5.75 Å². The smallest absolute Gasteiger partial charge is 0.416 e. The first-order valence-corrected chi connectivity index (χ1v) is 10.5. The predicted octanol–water partition coefficient (Wildman–Crippen LogP) is 7.54. The molecule has 8 nitrogen and oxygen atoms in total. The number of nitro groups is 1. The molecule has 0 amide bonds. The number of carboxylic acids is 1. The Hall–Kier alpha value is -3.28. The summed E-state index contributed by atoms with van der Waals surface area (Å²) in [6, 6.07) is 9.22. The molecule has 35 heavy (non-hydrogen) atoms. The molecular formula is C21H14Cl3F3N2O6. The molecule has 14 heteroatoms. The first-order chi connectivity index (χ1) is 16.3. The highest BCUT2D eigenvalue weighted by Gasteiger charge is 2.31. The number of aromatic carboxylic acids is 1. The maximum absolute atomic E-state index is 12.6. The summed E-state index contributed by atoms with van der Waals surface area (Å²) in [5, 5.41) is 19.4. The Balaban J connectivity index is 0.000000328. The van der Waals surface area contributed by atoms with Crippen molar-refractivity contribution >= 4 is 46.5 Å². The van der Waals surface area contributed by atoms with Gasteiger partial charge in [-0.05, 0) is 43.3 Å². The molecule has 0 radical (unpaired) electrons. The zero-order valence-corrected chi connectivity index (χ0v) is 19.7. The van der Waals surface area contributed by atoms with Gasteiger partial charge >= 0.3 is 17.8 Å². The highest BCUT2D eigenvalue weighted by molar-refractivity contribution is 6.34. The van der Waals surface area contributed by atoms with E-state index in [0.29, 0.717) is 0 Å². The third-order valence-corrected chi connectivity index (χ3v) is 4.74. The second-order valence-corrected chi connectivity index (χ2v) is 7.54. The lowest BCUT2D eigenvalue weighted by Gasteiger charge is -2.12. The topological polar surface area (TPSA) is 112 Å². The Morgan fingerprint density at radius 3 is 2.26 bits per heavy atom. The van der Waals surface area contributed by atoms with E-state index in [9.17, 15) is 28.1 Å². The lowest BCUT2D eigenvalue weighted by molar-refractivity contribution is -0.385. The second-order valence-electron chi connectivity index (χ2n) is 6.33. The standard InChI is InChI=1S/C15H11ClF3NO4.C6H3Cl2NO2/c1-2-23-14-8-10(4-5-12(14)20(21)22)24-13-6-3-9(7-11(13)16)15(17,18)19;7-3-1-2-4(8)9-5(3)6(10)11/h3-8H,2H2,1H3;1-2H,(H,10,11). The van der Waals surface area contributed by atoms with Gasteiger partial charge in [-0.1, -0.05) is 34.8 Å². The van der Waals surface area contributed by atoms with Crippen LogP contribution in [0.4, 0.5) is 18.9 Å². The van der Waals surface area contributed by atoms with E-state index in [1.807, 2.05) is 0 Å². The van der Waals surface area contributed by atoms with Crippen molar-refractivity contribution < 1.29 is 37.5 Å². The molecule has 2 aromatic carbocycles. The minimum Gasteiger partial charge on any atom is -0.487 e. The predicted molar refractivity (Wildman–Crippen MR) is 122 cm³/mol. The van der Waals surface area contributed by atoms with Gasteiger partial charge < -0.3 is 14.6 Å². The van der Waals surface area contributed by atoms with Crippen molar-refractivity contribution in [2.75, 3.05) is 6.61 Å². The third kappa shape index (κ3) is 7.88. The maximum Gasteiger partial charge on any atom is 0.416 e. The molecule has 1 heterocycles. The maximum atomic E-state index is 12.6. The number of hydrogen-bond donors (Lipinski definition) is 1. The van der Waals surface area contributed by atoms with E-state index in [1.54, 1.807) is 6.92 Å². The molecule has 0 bridgehead atoms. The molecular weight excluding hydrogens is 540 g/mol. The molecule has 0 saturated carbocycles. The number of nitrogens with zero attached hydrogens (tertiary/aromatic N) is 2. The summed E-state index contributed by atoms with van der Waals surface area (Å²) in [6.07, 6.45) is -4.52. The van der Waals surface area contributed by atoms with Crippen LogP contribution in [0, 0.1) is 10.1 Å². The van der Waals surface area contributed by atoms with Gasteiger partial charge in [0, 0.05) is 12.1 Å². The van der Waals surface area contributed by atoms with Gasteiger partial charge in [-0.2, -0.15) is 13.2 Å². The van der Waals surface area contributed by atoms with Gasteiger partial charge in [-0.15, -0.1) is 0 Å². The van der Waals surface area contributed by atoms with Crippen molar-refractivity contribution in [3.05, 3.63) is 85.1 Å². The summed E-state index contributed by atoms with van der Waals surface area (Å²) in [5.74, 6) is -1.06. The van der Waals surface area contributed by atoms with E-state index in [4.69, 9.17) is 49.4 Å². The average Bonchev–Trinajstić information content (AvgIpc) is 2.76. The van der Waals surface area contributed by atoms with Crippen molar-refractivity contribution in [3.8, 4) is 17.2 Å². The molecule has 3 rings (SSSR count). The molecule has 0 aliphatic rings. The van der Waals surface area contributed by atoms with E-state index in [0.717, 1.165) is 18.2 Å². The fraction of sp³-hybridized carbons (Fsp3) is 0.143. The third-order valence-electron chi connectivity index (χ3n) is 3.93. The first kappa shape index (κ1) is 28.0. The van der Waals surface area contributed by atoms with Crippen molar-refractivity contribution in [3.63, 3.8) is 0 Å². The summed E-state index contributed by atoms with van der Waals surface area (Å²) in [7, 11) is 0. The average molecular weight is 554 g/mol. The van der Waals surface area contributed by atoms with Crippen LogP contribution < -0.4 is 9.47 Å². The van der Waals surface area contributed by atoms with Crippen LogP contribution in [0.25, 0.3) is 0 Å². The zero-order chi connectivity index (χ0) is 26.3. The molecule has 186 valence electrons. The van der Waals surface area contributed by atoms with Gasteiger partial charge in [0.25, 0.3) is 0 Å². The molecule has 1 aromatic heterocycles. The lowest BCUT2D eigenvalue weighted by atomic mass is 10.2. The van der Waals surface area contributed by atoms with Gasteiger partial charge in [0.1, 0.15) is 16.7 Å². The number of nitro benzene ring substituents is 1. The summed E-state index contributed by atoms with van der Waals surface area (Å²) >= 11 is 16.7. The van der Waals surface area contributed by atoms with Crippen LogP contribution in [0.2, 0.25) is 15.2 Å². The monoisotopic (exact) mass is 552 g/mol. The number of hydrogen-bond acceptors (Lipinski definition) is 6. The summed E-state index contributed by atoms with van der Waals surface area (Å²) in [4.78, 5) is 24.2. The number of alkyl halides is 3. The second kappa shape index (κ2) is 11.9. The molecule has 0 saturated heterocycles. The molecule has 1 N–H and O–H groups in total. The van der Waals surface area contributed by atoms with E-state index in [2.05, 4.69) is 4.98 Å². The van der Waals surface area contributed by atoms with E-state index in [1.165, 1.54) is 30.3 Å². The number of aromatic nitrogens is 1. The van der Waals surface area contributed by atoms with E-state index < -0.39 is 22.6 Å². The first-order valence-electron chi connectivity index (χ1n) is 9.34. The Bertz CT molecular complexity index is 1240. The van der Waals surface area contributed by atoms with Crippen molar-refractivity contribution in [1.29, 1.82) is 0 Å². The lowest BCUT2D eigenvalue weighted by Crippen LogP contribution is -2.04. The number of pyridine rings is 1. The summed E-state index contributed by atoms with van der Waals surface area (Å²) < 4.78 is 48.4. The normalized spacial score (nSPS) is 10.7. The van der Waals surface area contributed by atoms with Crippen molar-refractivity contribution in [1.82, 2.24) is 4.98 Å². The van der Waals surface area contributed by atoms with Gasteiger partial charge in [-0.25, -0.2) is 9.78 Å². The Labute approximate surface area is 210 Å². The van der Waals surface area contributed by atoms with Crippen LogP contribution in [0.5, 0.6) is 17.2 Å². The highest BCUT2D eigenvalue weighted by Crippen LogP contribution is 2.38. The number of carbonyl (C=O) groups is 1. The summed E-state index contributed by atoms with van der Waals surface area (Å²) in [6.45, 7) is 1.86. The molecule has 0 aliphatic heterocycles. The van der Waals surface area contributed by atoms with Gasteiger partial charge in [-0.3, -0.25) is 10.1 Å². The Kier molecular flexibility index (Phi) is 9.52. The molecule has 0 aliphatic carbocycles. The Morgan fingerprint density at radius 2 is 1.74 bits per heavy atom. The molecule has 0 spiro atoms. The number of benzene rings is 2. The molecule has 3 aromatic rings. The molecule has 0 fully saturated rings. The van der Waals surface area contributed by atoms with Crippen LogP contribution in [-0.2, 0) is 6.18 Å². The molecule has 0 atom stereocenters. The van der Waals surface area contributed by atoms with Crippen LogP contribution in [-0.4, -0.2) is 27.6 Å². The number of halogens is 6. The highest BCUT2D eigenvalue weighted by atomic mass is 35.5. The van der Waals surface area contributed by atoms with Crippen LogP contribution in [0.3, 0.4) is 0 Å². The fourth-order valence-corrected chi connectivity index (χ4v) is 2.99. The van der Waals surface area contributed by atoms with Crippen LogP contribution >= 0.6 is 34.8 Å². The number of ether oxygens (including phenoxy) is 2. The van der Waals surface area contributed by atoms with E-state index >= 15 is 0 Å². The van der Waals surface area contributed by atoms with Crippen LogP contribution in [0.1, 0.15) is 23.0 Å². The number of rotatable bonds is 6. The van der Waals surface area contributed by atoms with Gasteiger partial charge in [0.05, 0.1) is 27.1 Å². The summed E-state index contributed by atoms with van der Waals surface area (Å²) in [5.41, 5.74) is -1.37. The Morgan fingerprint density at radius 1 is 1.06 bits per heavy atom. The van der Waals surface area contributed by atoms with Gasteiger partial charge in [0.15, 0.2) is 5.69 Å². The van der Waals surface area contributed by atoms with Crippen molar-refractivity contribution in [2.45, 2.75) is 13.1 Å². The fourth-order valence-electron chi connectivity index (χ4n) is 2.44. The van der Waals surface area contributed by atoms with Crippen molar-refractivity contribution in [2.24, 2.45) is 0 Å². The minimum absolute atomic E-state index is 0.0111. The SMILES string of the molecule is CCOc1cc(Oc2ccc(C(F)(F)F)cc2Cl)ccc1[N+](=O)[O-].O=C(O)c1nc(Cl)ccc1Cl. The van der Waals surface area contributed by atoms with E-state index in [-0.39, 0.29) is 50.4 Å². The largest absolute Gasteiger partial charge is 0.487 e. The number of carboxylic acid groups (broad SMARTS) is 1. The molecule has 0 unspecified atom stereocenters. The minimum atomic E-state index is -4.52.